The molecule has 0 fully saturated rings. The predicted octanol–water partition coefficient (Wildman–Crippen LogP) is 1.23. The number of rotatable bonds is 7. The highest BCUT2D eigenvalue weighted by Gasteiger charge is 2.20. The van der Waals surface area contributed by atoms with Crippen LogP contribution in [-0.2, 0) is 16.0 Å². The molecule has 0 heterocycles. The second-order valence-corrected chi connectivity index (χ2v) is 5.20. The first-order valence-corrected chi connectivity index (χ1v) is 7.45. The molecule has 6 heteroatoms. The van der Waals surface area contributed by atoms with Crippen LogP contribution in [0, 0.1) is 0 Å². The average Bonchev–Trinajstić information content (AvgIpc) is 2.60. The number of hydrogen-bond acceptors (Lipinski definition) is 3. The minimum absolute atomic E-state index is 0.175. The molecule has 0 aliphatic carbocycles. The van der Waals surface area contributed by atoms with E-state index in [2.05, 4.69) is 10.6 Å². The molecule has 3 N–H and O–H groups in total. The van der Waals surface area contributed by atoms with E-state index in [0.29, 0.717) is 5.56 Å². The molecule has 0 unspecified atom stereocenters. The summed E-state index contributed by atoms with van der Waals surface area (Å²) in [5, 5.41) is 14.1. The fourth-order valence-corrected chi connectivity index (χ4v) is 2.15. The lowest BCUT2D eigenvalue weighted by Gasteiger charge is -2.15. The van der Waals surface area contributed by atoms with Crippen molar-refractivity contribution in [2.24, 2.45) is 0 Å². The third-order valence-electron chi connectivity index (χ3n) is 3.36. The molecule has 0 aliphatic rings. The Hall–Kier alpha value is -3.15. The molecule has 24 heavy (non-hydrogen) atoms. The van der Waals surface area contributed by atoms with Crippen molar-refractivity contribution in [2.75, 3.05) is 6.54 Å². The molecule has 2 rings (SSSR count). The number of amides is 2. The highest BCUT2D eigenvalue weighted by atomic mass is 16.4. The molecule has 124 valence electrons. The standard InChI is InChI=1S/C18H18N2O4/c21-16(12-19-17(22)14-9-5-2-6-10-14)20-15(18(23)24)11-13-7-3-1-4-8-13/h1-10,15H,11-12H2,(H,19,22)(H,20,21)(H,23,24)/t15-/m1/s1. The fraction of sp³-hybridized carbons (Fsp3) is 0.167. The van der Waals surface area contributed by atoms with Crippen LogP contribution in [0.2, 0.25) is 0 Å². The van der Waals surface area contributed by atoms with E-state index in [9.17, 15) is 19.5 Å². The van der Waals surface area contributed by atoms with Crippen LogP contribution in [0.15, 0.2) is 60.7 Å². The van der Waals surface area contributed by atoms with Gasteiger partial charge in [-0.15, -0.1) is 0 Å². The summed E-state index contributed by atoms with van der Waals surface area (Å²) in [6.45, 7) is -0.285. The Bertz CT molecular complexity index is 701. The Kier molecular flexibility index (Phi) is 6.08. The second-order valence-electron chi connectivity index (χ2n) is 5.20. The van der Waals surface area contributed by atoms with Crippen molar-refractivity contribution in [3.05, 3.63) is 71.8 Å². The number of benzene rings is 2. The van der Waals surface area contributed by atoms with Crippen LogP contribution in [0.3, 0.4) is 0 Å². The highest BCUT2D eigenvalue weighted by molar-refractivity contribution is 5.96. The minimum Gasteiger partial charge on any atom is -0.480 e. The highest BCUT2D eigenvalue weighted by Crippen LogP contribution is 2.03. The van der Waals surface area contributed by atoms with Crippen molar-refractivity contribution in [3.8, 4) is 0 Å². The lowest BCUT2D eigenvalue weighted by Crippen LogP contribution is -2.46. The minimum atomic E-state index is -1.12. The Balaban J connectivity index is 1.87. The number of nitrogens with one attached hydrogen (secondary N) is 2. The molecule has 2 aromatic rings. The number of carboxylic acids is 1. The maximum atomic E-state index is 11.9. The van der Waals surface area contributed by atoms with Gasteiger partial charge in [0.05, 0.1) is 6.54 Å². The second kappa shape index (κ2) is 8.47. The van der Waals surface area contributed by atoms with Gasteiger partial charge in [0.25, 0.3) is 5.91 Å². The number of carboxylic acid groups (broad SMARTS) is 1. The number of hydrogen-bond donors (Lipinski definition) is 3. The lowest BCUT2D eigenvalue weighted by atomic mass is 10.1. The maximum Gasteiger partial charge on any atom is 0.326 e. The first kappa shape index (κ1) is 17.2. The van der Waals surface area contributed by atoms with Gasteiger partial charge in [0.1, 0.15) is 6.04 Å². The predicted molar refractivity (Wildman–Crippen MR) is 88.5 cm³/mol. The molecule has 2 amide bonds. The van der Waals surface area contributed by atoms with Gasteiger partial charge in [0, 0.05) is 12.0 Å². The molecule has 0 bridgehead atoms. The van der Waals surface area contributed by atoms with E-state index in [-0.39, 0.29) is 18.9 Å². The summed E-state index contributed by atoms with van der Waals surface area (Å²) >= 11 is 0. The molecule has 2 aromatic carbocycles. The zero-order valence-electron chi connectivity index (χ0n) is 12.9. The van der Waals surface area contributed by atoms with Gasteiger partial charge < -0.3 is 15.7 Å². The van der Waals surface area contributed by atoms with E-state index in [1.165, 1.54) is 0 Å². The van der Waals surface area contributed by atoms with Crippen LogP contribution in [0.25, 0.3) is 0 Å². The Morgan fingerprint density at radius 1 is 0.917 bits per heavy atom. The quantitative estimate of drug-likeness (QED) is 0.713. The summed E-state index contributed by atoms with van der Waals surface area (Å²) in [6.07, 6.45) is 0.175. The number of aliphatic carboxylic acids is 1. The van der Waals surface area contributed by atoms with E-state index in [4.69, 9.17) is 0 Å². The summed E-state index contributed by atoms with van der Waals surface area (Å²) in [6, 6.07) is 16.4. The molecule has 0 radical (unpaired) electrons. The summed E-state index contributed by atoms with van der Waals surface area (Å²) < 4.78 is 0. The van der Waals surface area contributed by atoms with Crippen molar-refractivity contribution in [1.29, 1.82) is 0 Å². The average molecular weight is 326 g/mol. The smallest absolute Gasteiger partial charge is 0.326 e. The molecule has 1 atom stereocenters. The summed E-state index contributed by atoms with van der Waals surface area (Å²) in [4.78, 5) is 35.0. The topological polar surface area (TPSA) is 95.5 Å². The van der Waals surface area contributed by atoms with Crippen LogP contribution in [0.4, 0.5) is 0 Å². The van der Waals surface area contributed by atoms with Gasteiger partial charge in [-0.1, -0.05) is 48.5 Å². The van der Waals surface area contributed by atoms with E-state index in [0.717, 1.165) is 5.56 Å². The molecule has 0 saturated carbocycles. The first-order valence-electron chi connectivity index (χ1n) is 7.45. The van der Waals surface area contributed by atoms with E-state index in [1.54, 1.807) is 54.6 Å². The molecular weight excluding hydrogens is 308 g/mol. The maximum absolute atomic E-state index is 11.9. The van der Waals surface area contributed by atoms with Gasteiger partial charge in [0.15, 0.2) is 0 Å². The zero-order valence-corrected chi connectivity index (χ0v) is 12.9. The number of carbonyl (C=O) groups is 3. The zero-order chi connectivity index (χ0) is 17.4. The first-order chi connectivity index (χ1) is 11.6. The van der Waals surface area contributed by atoms with Crippen LogP contribution in [-0.4, -0.2) is 35.5 Å². The third-order valence-corrected chi connectivity index (χ3v) is 3.36. The normalized spacial score (nSPS) is 11.3. The van der Waals surface area contributed by atoms with Crippen molar-refractivity contribution in [3.63, 3.8) is 0 Å². The Morgan fingerprint density at radius 2 is 1.50 bits per heavy atom. The molecule has 0 aromatic heterocycles. The molecule has 0 spiro atoms. The molecule has 0 saturated heterocycles. The van der Waals surface area contributed by atoms with Gasteiger partial charge in [-0.2, -0.15) is 0 Å². The van der Waals surface area contributed by atoms with E-state index in [1.807, 2.05) is 6.07 Å². The SMILES string of the molecule is O=C(CNC(=O)c1ccccc1)N[C@H](Cc1ccccc1)C(=O)O. The fourth-order valence-electron chi connectivity index (χ4n) is 2.15. The summed E-state index contributed by atoms with van der Waals surface area (Å²) in [7, 11) is 0. The van der Waals surface area contributed by atoms with Crippen molar-refractivity contribution in [2.45, 2.75) is 12.5 Å². The van der Waals surface area contributed by atoms with Gasteiger partial charge in [-0.05, 0) is 17.7 Å². The van der Waals surface area contributed by atoms with E-state index < -0.39 is 17.9 Å². The monoisotopic (exact) mass is 326 g/mol. The van der Waals surface area contributed by atoms with Gasteiger partial charge >= 0.3 is 5.97 Å². The Labute approximate surface area is 139 Å². The molecule has 0 aliphatic heterocycles. The van der Waals surface area contributed by atoms with Crippen molar-refractivity contribution < 1.29 is 19.5 Å². The number of carbonyl (C=O) groups excluding carboxylic acids is 2. The van der Waals surface area contributed by atoms with Gasteiger partial charge in [-0.3, -0.25) is 9.59 Å². The lowest BCUT2D eigenvalue weighted by molar-refractivity contribution is -0.141. The van der Waals surface area contributed by atoms with Crippen LogP contribution in [0.1, 0.15) is 15.9 Å². The summed E-state index contributed by atoms with van der Waals surface area (Å²) in [5.41, 5.74) is 1.24. The van der Waals surface area contributed by atoms with E-state index >= 15 is 0 Å². The molecule has 6 nitrogen and oxygen atoms in total. The van der Waals surface area contributed by atoms with Crippen molar-refractivity contribution in [1.82, 2.24) is 10.6 Å². The van der Waals surface area contributed by atoms with Gasteiger partial charge in [0.2, 0.25) is 5.91 Å². The Morgan fingerprint density at radius 3 is 2.08 bits per heavy atom. The summed E-state index contributed by atoms with van der Waals surface area (Å²) in [5.74, 6) is -2.06. The van der Waals surface area contributed by atoms with Crippen molar-refractivity contribution >= 4 is 17.8 Å². The third kappa shape index (κ3) is 5.24. The van der Waals surface area contributed by atoms with Crippen LogP contribution < -0.4 is 10.6 Å². The largest absolute Gasteiger partial charge is 0.480 e. The van der Waals surface area contributed by atoms with Gasteiger partial charge in [-0.25, -0.2) is 4.79 Å². The van der Waals surface area contributed by atoms with Crippen LogP contribution in [0.5, 0.6) is 0 Å². The van der Waals surface area contributed by atoms with Crippen LogP contribution >= 0.6 is 0 Å². The molecular formula is C18H18N2O4.